The number of aliphatic hydroxyl groups is 1. The van der Waals surface area contributed by atoms with Gasteiger partial charge in [0.25, 0.3) is 7.82 Å². The molecule has 3 atom stereocenters. The second-order valence-corrected chi connectivity index (χ2v) is 27.7. The summed E-state index contributed by atoms with van der Waals surface area (Å²) in [5.74, 6) is -0.207. The van der Waals surface area contributed by atoms with Crippen LogP contribution in [0.15, 0.2) is 122 Å². The first-order valence-corrected chi connectivity index (χ1v) is 38.9. The number of nitrogens with one attached hydrogen (secondary N) is 1. The van der Waals surface area contributed by atoms with E-state index in [0.717, 1.165) is 89.9 Å². The zero-order valence-electron chi connectivity index (χ0n) is 58.9. The maximum Gasteiger partial charge on any atom is 0.268 e. The Morgan fingerprint density at radius 3 is 1.04 bits per heavy atom. The van der Waals surface area contributed by atoms with E-state index in [1.54, 1.807) is 6.08 Å². The summed E-state index contributed by atoms with van der Waals surface area (Å²) in [6, 6.07) is -0.911. The van der Waals surface area contributed by atoms with Crippen LogP contribution >= 0.6 is 7.82 Å². The minimum atomic E-state index is -4.62. The van der Waals surface area contributed by atoms with Crippen molar-refractivity contribution in [3.63, 3.8) is 0 Å². The number of rotatable bonds is 68. The van der Waals surface area contributed by atoms with Gasteiger partial charge in [0.05, 0.1) is 39.9 Å². The summed E-state index contributed by atoms with van der Waals surface area (Å²) in [7, 11) is 1.24. The van der Waals surface area contributed by atoms with Gasteiger partial charge in [0.1, 0.15) is 13.2 Å². The van der Waals surface area contributed by atoms with E-state index in [1.807, 2.05) is 27.2 Å². The second-order valence-electron chi connectivity index (χ2n) is 26.3. The SMILES string of the molecule is CC/C=C\C/C=C\C/C=C\C/C=C\C/C=C\C/C=C\C/C=C\C/C=C\CCCCCCCCCCCCCCCCCCC(=O)NC(COP(=O)([O-])OCC[N+](C)(C)C)C(O)/C=C/CC/C=C/CCCCCCCCCCCCCCCCCCCCCC. The maximum atomic E-state index is 13.1. The summed E-state index contributed by atoms with van der Waals surface area (Å²) in [6.07, 6.45) is 103. The predicted octanol–water partition coefficient (Wildman–Crippen LogP) is 23.8. The molecule has 0 aliphatic heterocycles. The molecule has 3 unspecified atom stereocenters. The van der Waals surface area contributed by atoms with Gasteiger partial charge in [0.2, 0.25) is 5.91 Å². The van der Waals surface area contributed by atoms with Crippen LogP contribution in [0.5, 0.6) is 0 Å². The van der Waals surface area contributed by atoms with Crippen LogP contribution in [0.3, 0.4) is 0 Å². The van der Waals surface area contributed by atoms with Crippen LogP contribution in [0, 0.1) is 0 Å². The number of hydrogen-bond donors (Lipinski definition) is 2. The number of quaternary nitrogens is 1. The fourth-order valence-electron chi connectivity index (χ4n) is 10.7. The van der Waals surface area contributed by atoms with E-state index in [2.05, 4.69) is 129 Å². The summed E-state index contributed by atoms with van der Waals surface area (Å²) in [4.78, 5) is 25.7. The number of likely N-dealkylation sites (N-methyl/N-ethyl adjacent to an activating group) is 1. The van der Waals surface area contributed by atoms with Crippen LogP contribution in [0.1, 0.15) is 328 Å². The highest BCUT2D eigenvalue weighted by atomic mass is 31.2. The molecule has 514 valence electrons. The van der Waals surface area contributed by atoms with Crippen LogP contribution in [0.2, 0.25) is 0 Å². The minimum Gasteiger partial charge on any atom is -0.756 e. The molecule has 0 aromatic carbocycles. The van der Waals surface area contributed by atoms with Gasteiger partial charge in [-0.05, 0) is 96.3 Å². The molecule has 8 nitrogen and oxygen atoms in total. The van der Waals surface area contributed by atoms with E-state index in [1.165, 1.54) is 218 Å². The Balaban J connectivity index is 4.05. The van der Waals surface area contributed by atoms with Gasteiger partial charge in [-0.3, -0.25) is 9.36 Å². The minimum absolute atomic E-state index is 0.00945. The van der Waals surface area contributed by atoms with Gasteiger partial charge in [0, 0.05) is 6.42 Å². The molecule has 0 aliphatic carbocycles. The van der Waals surface area contributed by atoms with Crippen molar-refractivity contribution in [3.8, 4) is 0 Å². The zero-order chi connectivity index (χ0) is 64.8. The molecule has 0 aromatic rings. The molecule has 0 fully saturated rings. The second kappa shape index (κ2) is 69.2. The molecule has 0 heterocycles. The van der Waals surface area contributed by atoms with Crippen LogP contribution in [0.25, 0.3) is 0 Å². The third-order valence-electron chi connectivity index (χ3n) is 16.4. The Morgan fingerprint density at radius 1 is 0.404 bits per heavy atom. The maximum absolute atomic E-state index is 13.1. The number of allylic oxidation sites excluding steroid dienone is 19. The topological polar surface area (TPSA) is 108 Å². The predicted molar refractivity (Wildman–Crippen MR) is 389 cm³/mol. The lowest BCUT2D eigenvalue weighted by Gasteiger charge is -2.29. The molecular formula is C80H143N2O6P. The quantitative estimate of drug-likeness (QED) is 0.0272. The van der Waals surface area contributed by atoms with Crippen molar-refractivity contribution in [2.75, 3.05) is 40.9 Å². The van der Waals surface area contributed by atoms with E-state index in [-0.39, 0.29) is 12.5 Å². The Hall–Kier alpha value is -3.10. The number of nitrogens with zero attached hydrogens (tertiary/aromatic N) is 1. The van der Waals surface area contributed by atoms with Crippen molar-refractivity contribution in [3.05, 3.63) is 122 Å². The molecule has 0 radical (unpaired) electrons. The highest BCUT2D eigenvalue weighted by Gasteiger charge is 2.23. The molecule has 0 bridgehead atoms. The molecule has 2 N–H and O–H groups in total. The fraction of sp³-hybridized carbons (Fsp3) is 0.738. The normalized spacial score (nSPS) is 14.3. The van der Waals surface area contributed by atoms with Gasteiger partial charge in [-0.1, -0.05) is 347 Å². The van der Waals surface area contributed by atoms with E-state index >= 15 is 0 Å². The largest absolute Gasteiger partial charge is 0.756 e. The van der Waals surface area contributed by atoms with Gasteiger partial charge in [-0.15, -0.1) is 0 Å². The Morgan fingerprint density at radius 2 is 0.697 bits per heavy atom. The fourth-order valence-corrected chi connectivity index (χ4v) is 11.4. The van der Waals surface area contributed by atoms with Crippen molar-refractivity contribution < 1.29 is 32.9 Å². The number of unbranched alkanes of at least 4 members (excludes halogenated alkanes) is 37. The summed E-state index contributed by atoms with van der Waals surface area (Å²) in [5.41, 5.74) is 0. The van der Waals surface area contributed by atoms with Crippen LogP contribution in [-0.4, -0.2) is 68.5 Å². The van der Waals surface area contributed by atoms with Gasteiger partial charge >= 0.3 is 0 Å². The van der Waals surface area contributed by atoms with Crippen molar-refractivity contribution >= 4 is 13.7 Å². The molecule has 89 heavy (non-hydrogen) atoms. The average molecular weight is 1260 g/mol. The average Bonchev–Trinajstić information content (AvgIpc) is 3.61. The van der Waals surface area contributed by atoms with Crippen LogP contribution < -0.4 is 10.2 Å². The van der Waals surface area contributed by atoms with Crippen molar-refractivity contribution in [2.24, 2.45) is 0 Å². The van der Waals surface area contributed by atoms with E-state index in [9.17, 15) is 19.4 Å². The molecule has 9 heteroatoms. The molecule has 0 aliphatic rings. The Labute approximate surface area is 552 Å². The highest BCUT2D eigenvalue weighted by Crippen LogP contribution is 2.38. The van der Waals surface area contributed by atoms with E-state index in [0.29, 0.717) is 17.4 Å². The van der Waals surface area contributed by atoms with Gasteiger partial charge in [-0.2, -0.15) is 0 Å². The monoisotopic (exact) mass is 1260 g/mol. The first kappa shape index (κ1) is 85.9. The lowest BCUT2D eigenvalue weighted by molar-refractivity contribution is -0.870. The lowest BCUT2D eigenvalue weighted by atomic mass is 10.0. The molecule has 0 saturated heterocycles. The van der Waals surface area contributed by atoms with Gasteiger partial charge in [-0.25, -0.2) is 0 Å². The first-order chi connectivity index (χ1) is 43.5. The summed E-state index contributed by atoms with van der Waals surface area (Å²) in [5, 5.41) is 14.0. The molecule has 1 amide bonds. The third-order valence-corrected chi connectivity index (χ3v) is 17.4. The standard InChI is InChI=1S/C80H143N2O6P/c1-6-8-10-12-14-16-18-20-22-24-26-28-30-32-34-35-36-37-38-39-40-41-42-43-44-45-46-47-48-50-52-54-56-58-60-62-64-66-68-70-72-74-80(84)81-78(77-88-89(85,86)87-76-75-82(3,4)5)79(83)73-71-69-67-65-63-61-59-57-55-53-51-49-33-31-29-27-25-23-21-19-17-15-13-11-9-7-2/h8,10,14,16,20,22,26,28,32,34,36-37,39-40,42-43,63,65,71,73,78-79,83H,6-7,9,11-13,15,17-19,21,23-25,27,29-31,33,35,38,41,44-62,64,66-70,72,74-77H2,1-5H3,(H-,81,84,85,86)/b10-8-,16-14-,22-20-,28-26-,34-32-,37-36-,40-39-,43-42-,65-63+,73-71+. The third kappa shape index (κ3) is 72.2. The van der Waals surface area contributed by atoms with Crippen LogP contribution in [-0.2, 0) is 18.4 Å². The van der Waals surface area contributed by atoms with Crippen molar-refractivity contribution in [1.82, 2.24) is 5.32 Å². The highest BCUT2D eigenvalue weighted by molar-refractivity contribution is 7.45. The van der Waals surface area contributed by atoms with Crippen molar-refractivity contribution in [1.29, 1.82) is 0 Å². The molecule has 0 rings (SSSR count). The van der Waals surface area contributed by atoms with Gasteiger partial charge < -0.3 is 28.8 Å². The summed E-state index contributed by atoms with van der Waals surface area (Å²) < 4.78 is 23.5. The number of phosphoric ester groups is 1. The number of hydrogen-bond acceptors (Lipinski definition) is 6. The molecule has 0 aromatic heterocycles. The van der Waals surface area contributed by atoms with E-state index in [4.69, 9.17) is 9.05 Å². The lowest BCUT2D eigenvalue weighted by Crippen LogP contribution is -2.45. The number of amides is 1. The summed E-state index contributed by atoms with van der Waals surface area (Å²) >= 11 is 0. The zero-order valence-corrected chi connectivity index (χ0v) is 59.7. The number of carbonyl (C=O) groups excluding carboxylic acids is 1. The number of phosphoric acid groups is 1. The molecule has 0 saturated carbocycles. The molecule has 0 spiro atoms. The van der Waals surface area contributed by atoms with Gasteiger partial charge in [0.15, 0.2) is 0 Å². The smallest absolute Gasteiger partial charge is 0.268 e. The van der Waals surface area contributed by atoms with Crippen molar-refractivity contribution in [2.45, 2.75) is 341 Å². The first-order valence-electron chi connectivity index (χ1n) is 37.4. The molecular weight excluding hydrogens is 1120 g/mol. The van der Waals surface area contributed by atoms with Crippen LogP contribution in [0.4, 0.5) is 0 Å². The summed E-state index contributed by atoms with van der Waals surface area (Å²) in [6.45, 7) is 4.54. The number of aliphatic hydroxyl groups excluding tert-OH is 1. The van der Waals surface area contributed by atoms with E-state index < -0.39 is 26.6 Å². The Kier molecular flexibility index (Phi) is 66.8. The number of carbonyl (C=O) groups is 1. The Bertz CT molecular complexity index is 1870.